The van der Waals surface area contributed by atoms with Crippen molar-refractivity contribution in [2.24, 2.45) is 5.73 Å². The maximum Gasteiger partial charge on any atom is 0.472 e. The smallest absolute Gasteiger partial charge is 0.472 e. The van der Waals surface area contributed by atoms with Crippen LogP contribution in [-0.4, -0.2) is 71.1 Å². The van der Waals surface area contributed by atoms with E-state index in [4.69, 9.17) is 24.8 Å². The maximum atomic E-state index is 12.6. The highest BCUT2D eigenvalue weighted by Crippen LogP contribution is 2.43. The molecule has 0 rings (SSSR count). The lowest BCUT2D eigenvalue weighted by molar-refractivity contribution is -0.161. The molecule has 0 amide bonds. The zero-order chi connectivity index (χ0) is 43.7. The molecule has 0 radical (unpaired) electrons. The van der Waals surface area contributed by atoms with Crippen molar-refractivity contribution in [3.8, 4) is 0 Å². The fourth-order valence-electron chi connectivity index (χ4n) is 5.59. The molecule has 0 aromatic heterocycles. The summed E-state index contributed by atoms with van der Waals surface area (Å²) < 4.78 is 32.6. The van der Waals surface area contributed by atoms with Gasteiger partial charge in [-0.2, -0.15) is 0 Å². The lowest BCUT2D eigenvalue weighted by Gasteiger charge is -2.20. The van der Waals surface area contributed by atoms with Crippen molar-refractivity contribution in [3.05, 3.63) is 72.9 Å². The van der Waals surface area contributed by atoms with Gasteiger partial charge in [-0.25, -0.2) is 4.57 Å². The SMILES string of the molecule is CC/C=C\C/C=C\CC(O)/C=C/C=C\C/C=C\C/C=C\CCC(=O)OC[C@H](COP(=O)(O)OC[C@H](N)C(=O)O)OC(=O)CCCCCCCCCCCCCCCCC. The first-order valence-corrected chi connectivity index (χ1v) is 23.6. The second kappa shape index (κ2) is 40.3. The van der Waals surface area contributed by atoms with Crippen LogP contribution in [0.4, 0.5) is 0 Å². The summed E-state index contributed by atoms with van der Waals surface area (Å²) in [6, 6.07) is -1.54. The van der Waals surface area contributed by atoms with Crippen molar-refractivity contribution < 1.29 is 52.6 Å². The van der Waals surface area contributed by atoms with Crippen LogP contribution in [-0.2, 0) is 37.5 Å². The van der Waals surface area contributed by atoms with Gasteiger partial charge in [-0.3, -0.25) is 23.4 Å². The monoisotopic (exact) mass is 852 g/mol. The van der Waals surface area contributed by atoms with Crippen LogP contribution in [0.3, 0.4) is 0 Å². The van der Waals surface area contributed by atoms with E-state index in [1.54, 1.807) is 6.08 Å². The average Bonchev–Trinajstić information content (AvgIpc) is 3.21. The maximum absolute atomic E-state index is 12.6. The molecule has 0 heterocycles. The molecule has 0 spiro atoms. The van der Waals surface area contributed by atoms with E-state index in [1.165, 1.54) is 70.6 Å². The molecule has 0 aromatic rings. The van der Waals surface area contributed by atoms with Crippen LogP contribution in [0, 0.1) is 0 Å². The summed E-state index contributed by atoms with van der Waals surface area (Å²) in [5.74, 6) is -2.52. The van der Waals surface area contributed by atoms with Gasteiger partial charge in [0.15, 0.2) is 6.10 Å². The largest absolute Gasteiger partial charge is 0.480 e. The summed E-state index contributed by atoms with van der Waals surface area (Å²) in [4.78, 5) is 45.9. The molecule has 0 saturated carbocycles. The first-order chi connectivity index (χ1) is 28.5. The molecule has 59 heavy (non-hydrogen) atoms. The van der Waals surface area contributed by atoms with Crippen molar-refractivity contribution in [3.63, 3.8) is 0 Å². The number of allylic oxidation sites excluding steroid dienone is 10. The topological polar surface area (TPSA) is 192 Å². The highest BCUT2D eigenvalue weighted by molar-refractivity contribution is 7.47. The summed E-state index contributed by atoms with van der Waals surface area (Å²) >= 11 is 0. The summed E-state index contributed by atoms with van der Waals surface area (Å²) in [6.07, 6.45) is 44.3. The van der Waals surface area contributed by atoms with Crippen LogP contribution in [0.5, 0.6) is 0 Å². The molecular weight excluding hydrogens is 773 g/mol. The number of unbranched alkanes of at least 4 members (excludes halogenated alkanes) is 14. The van der Waals surface area contributed by atoms with Gasteiger partial charge in [0.1, 0.15) is 12.6 Å². The number of aliphatic carboxylic acids is 1. The number of aliphatic hydroxyl groups excluding tert-OH is 1. The van der Waals surface area contributed by atoms with E-state index in [9.17, 15) is 28.9 Å². The molecule has 0 saturated heterocycles. The number of carbonyl (C=O) groups excluding carboxylic acids is 2. The zero-order valence-electron chi connectivity index (χ0n) is 36.2. The highest BCUT2D eigenvalue weighted by atomic mass is 31.2. The third-order valence-corrected chi connectivity index (χ3v) is 10.0. The predicted molar refractivity (Wildman–Crippen MR) is 237 cm³/mol. The number of phosphoric ester groups is 1. The number of carboxylic acids is 1. The Hall–Kier alpha value is -3.12. The molecule has 0 aliphatic rings. The Balaban J connectivity index is 4.53. The molecule has 0 fully saturated rings. The minimum Gasteiger partial charge on any atom is -0.480 e. The number of aliphatic hydroxyl groups is 1. The van der Waals surface area contributed by atoms with E-state index in [2.05, 4.69) is 30.5 Å². The predicted octanol–water partition coefficient (Wildman–Crippen LogP) is 10.7. The van der Waals surface area contributed by atoms with E-state index in [1.807, 2.05) is 54.7 Å². The molecule has 4 atom stereocenters. The Morgan fingerprint density at radius 1 is 0.627 bits per heavy atom. The van der Waals surface area contributed by atoms with E-state index in [0.29, 0.717) is 25.7 Å². The minimum absolute atomic E-state index is 0.0716. The fourth-order valence-corrected chi connectivity index (χ4v) is 6.36. The van der Waals surface area contributed by atoms with Gasteiger partial charge in [0.25, 0.3) is 0 Å². The molecule has 338 valence electrons. The van der Waals surface area contributed by atoms with E-state index in [-0.39, 0.29) is 12.8 Å². The number of carbonyl (C=O) groups is 3. The molecular formula is C46H78NO11P. The third-order valence-electron chi connectivity index (χ3n) is 9.06. The van der Waals surface area contributed by atoms with Crippen LogP contribution >= 0.6 is 7.82 Å². The number of phosphoric acid groups is 1. The molecule has 12 nitrogen and oxygen atoms in total. The average molecular weight is 852 g/mol. The number of hydrogen-bond donors (Lipinski definition) is 4. The third kappa shape index (κ3) is 40.1. The zero-order valence-corrected chi connectivity index (χ0v) is 37.1. The minimum atomic E-state index is -4.75. The highest BCUT2D eigenvalue weighted by Gasteiger charge is 2.28. The van der Waals surface area contributed by atoms with Gasteiger partial charge < -0.3 is 30.3 Å². The Labute approximate surface area is 355 Å². The molecule has 2 unspecified atom stereocenters. The van der Waals surface area contributed by atoms with Gasteiger partial charge in [0, 0.05) is 12.8 Å². The molecule has 5 N–H and O–H groups in total. The van der Waals surface area contributed by atoms with Crippen LogP contribution in [0.25, 0.3) is 0 Å². The molecule has 0 bridgehead atoms. The summed E-state index contributed by atoms with van der Waals surface area (Å²) in [6.45, 7) is 2.53. The van der Waals surface area contributed by atoms with Crippen molar-refractivity contribution in [1.82, 2.24) is 0 Å². The lowest BCUT2D eigenvalue weighted by Crippen LogP contribution is -2.34. The van der Waals surface area contributed by atoms with Crippen LogP contribution in [0.15, 0.2) is 72.9 Å². The molecule has 0 aliphatic carbocycles. The molecule has 13 heteroatoms. The Bertz CT molecular complexity index is 1290. The first kappa shape index (κ1) is 55.9. The van der Waals surface area contributed by atoms with Crippen LogP contribution in [0.1, 0.15) is 162 Å². The van der Waals surface area contributed by atoms with Crippen molar-refractivity contribution in [2.45, 2.75) is 180 Å². The fraction of sp³-hybridized carbons (Fsp3) is 0.674. The Morgan fingerprint density at radius 3 is 1.75 bits per heavy atom. The second-order valence-corrected chi connectivity index (χ2v) is 16.1. The number of ether oxygens (including phenoxy) is 2. The number of rotatable bonds is 40. The lowest BCUT2D eigenvalue weighted by atomic mass is 10.0. The number of esters is 2. The van der Waals surface area contributed by atoms with E-state index >= 15 is 0 Å². The molecule has 0 aliphatic heterocycles. The van der Waals surface area contributed by atoms with Gasteiger partial charge in [0.2, 0.25) is 0 Å². The van der Waals surface area contributed by atoms with Crippen molar-refractivity contribution in [1.29, 1.82) is 0 Å². The van der Waals surface area contributed by atoms with Gasteiger partial charge >= 0.3 is 25.7 Å². The first-order valence-electron chi connectivity index (χ1n) is 22.1. The van der Waals surface area contributed by atoms with E-state index < -0.39 is 63.8 Å². The Kier molecular flexibility index (Phi) is 38.2. The number of carboxylic acid groups (broad SMARTS) is 1. The summed E-state index contributed by atoms with van der Waals surface area (Å²) in [7, 11) is -4.75. The van der Waals surface area contributed by atoms with Crippen LogP contribution < -0.4 is 5.73 Å². The number of hydrogen-bond acceptors (Lipinski definition) is 10. The van der Waals surface area contributed by atoms with Crippen molar-refractivity contribution >= 4 is 25.7 Å². The van der Waals surface area contributed by atoms with Gasteiger partial charge in [-0.1, -0.05) is 177 Å². The normalized spacial score (nSPS) is 14.9. The second-order valence-electron chi connectivity index (χ2n) is 14.7. The van der Waals surface area contributed by atoms with Gasteiger partial charge in [-0.15, -0.1) is 0 Å². The van der Waals surface area contributed by atoms with Crippen molar-refractivity contribution in [2.75, 3.05) is 19.8 Å². The Morgan fingerprint density at radius 2 is 1.15 bits per heavy atom. The van der Waals surface area contributed by atoms with E-state index in [0.717, 1.165) is 38.5 Å². The van der Waals surface area contributed by atoms with Gasteiger partial charge in [0.05, 0.1) is 19.3 Å². The van der Waals surface area contributed by atoms with Crippen LogP contribution in [0.2, 0.25) is 0 Å². The summed E-state index contributed by atoms with van der Waals surface area (Å²) in [5, 5.41) is 18.9. The quantitative estimate of drug-likeness (QED) is 0.0150. The number of nitrogens with two attached hydrogens (primary N) is 1. The van der Waals surface area contributed by atoms with Gasteiger partial charge in [-0.05, 0) is 44.9 Å². The molecule has 0 aromatic carbocycles. The summed E-state index contributed by atoms with van der Waals surface area (Å²) in [5.41, 5.74) is 5.33. The standard InChI is InChI=1S/C46H78NO11P/c1-3-5-7-9-11-12-13-14-15-16-17-22-25-29-33-37-45(50)58-42(39-56-59(53,54)57-40-43(47)46(51)52)38-55-44(49)36-32-28-24-21-19-18-20-23-27-31-35-41(48)34-30-26-10-8-6-4-2/h6,8,18-19,23-24,26-28,30-31,35,41-43,48H,3-5,7,9-17,20-22,25,29,32-34,36-40,47H2,1-2H3,(H,51,52)(H,53,54)/b8-6-,19-18-,27-23-,28-24-,30-26-,35-31+/t41?,42-,43+/m1/s1.